The molecule has 0 saturated carbocycles. The molecule has 2 aromatic rings. The van der Waals surface area contributed by atoms with E-state index >= 15 is 0 Å². The molecule has 0 aliphatic carbocycles. The molecule has 0 radical (unpaired) electrons. The average Bonchev–Trinajstić information content (AvgIpc) is 3.05. The number of carbonyl (C=O) groups is 1. The van der Waals surface area contributed by atoms with Crippen LogP contribution >= 0.6 is 0 Å². The summed E-state index contributed by atoms with van der Waals surface area (Å²) in [6.07, 6.45) is 1.35. The van der Waals surface area contributed by atoms with E-state index in [4.69, 9.17) is 0 Å². The van der Waals surface area contributed by atoms with Crippen LogP contribution in [0.1, 0.15) is 16.3 Å². The van der Waals surface area contributed by atoms with Crippen molar-refractivity contribution in [1.29, 1.82) is 0 Å². The van der Waals surface area contributed by atoms with Gasteiger partial charge in [0.25, 0.3) is 5.91 Å². The maximum atomic E-state index is 12.1. The minimum absolute atomic E-state index is 0.0119. The van der Waals surface area contributed by atoms with Crippen LogP contribution in [0.4, 0.5) is 0 Å². The van der Waals surface area contributed by atoms with Crippen molar-refractivity contribution in [3.8, 4) is 0 Å². The molecule has 0 unspecified atom stereocenters. The third-order valence-corrected chi connectivity index (χ3v) is 3.93. The summed E-state index contributed by atoms with van der Waals surface area (Å²) in [6, 6.07) is 1.29. The Balaban J connectivity index is 2.19. The summed E-state index contributed by atoms with van der Waals surface area (Å²) in [7, 11) is -0.696. The largest absolute Gasteiger partial charge is 0.354 e. The predicted octanol–water partition coefficient (Wildman–Crippen LogP) is -1.62. The average molecular weight is 299 g/mol. The van der Waals surface area contributed by atoms with Gasteiger partial charge in [0.1, 0.15) is 10.6 Å². The lowest BCUT2D eigenvalue weighted by atomic mass is 10.4. The molecule has 3 N–H and O–H groups in total. The third kappa shape index (κ3) is 2.83. The first-order valence-corrected chi connectivity index (χ1v) is 7.03. The van der Waals surface area contributed by atoms with Crippen LogP contribution in [0.2, 0.25) is 0 Å². The van der Waals surface area contributed by atoms with E-state index in [0.29, 0.717) is 0 Å². The Morgan fingerprint density at radius 3 is 2.85 bits per heavy atom. The van der Waals surface area contributed by atoms with E-state index in [1.165, 1.54) is 23.9 Å². The Morgan fingerprint density at radius 1 is 1.50 bits per heavy atom. The summed E-state index contributed by atoms with van der Waals surface area (Å²) in [5.41, 5.74) is 0.243. The summed E-state index contributed by atoms with van der Waals surface area (Å²) in [5.74, 6) is -0.150. The first-order valence-electron chi connectivity index (χ1n) is 5.54. The summed E-state index contributed by atoms with van der Waals surface area (Å²) < 4.78 is 27.9. The highest BCUT2D eigenvalue weighted by atomic mass is 32.2. The van der Waals surface area contributed by atoms with Crippen molar-refractivity contribution in [3.05, 3.63) is 23.8 Å². The number of aryl methyl sites for hydroxylation is 1. The molecular formula is C9H13N7O3S. The molecule has 0 spiro atoms. The Bertz CT molecular complexity index is 704. The van der Waals surface area contributed by atoms with Crippen LogP contribution in [0.25, 0.3) is 0 Å². The SMILES string of the molecule is CNC(=O)c1cc(S(=O)(=O)NCc2nn[nH]n2)cn1C. The summed E-state index contributed by atoms with van der Waals surface area (Å²) >= 11 is 0. The van der Waals surface area contributed by atoms with Crippen molar-refractivity contribution >= 4 is 15.9 Å². The zero-order valence-corrected chi connectivity index (χ0v) is 11.6. The van der Waals surface area contributed by atoms with Crippen LogP contribution in [0.15, 0.2) is 17.2 Å². The van der Waals surface area contributed by atoms with Crippen molar-refractivity contribution in [2.24, 2.45) is 7.05 Å². The Morgan fingerprint density at radius 2 is 2.25 bits per heavy atom. The number of nitrogens with one attached hydrogen (secondary N) is 3. The number of aromatic nitrogens is 5. The minimum atomic E-state index is -3.75. The lowest BCUT2D eigenvalue weighted by Gasteiger charge is -2.01. The number of carbonyl (C=O) groups excluding carboxylic acids is 1. The van der Waals surface area contributed by atoms with Crippen molar-refractivity contribution in [2.45, 2.75) is 11.4 Å². The standard InChI is InChI=1S/C9H13N7O3S/c1-10-9(17)7-3-6(5-16(7)2)20(18,19)11-4-8-12-14-15-13-8/h3,5,11H,4H2,1-2H3,(H,10,17)(H,12,13,14,15). The number of sulfonamides is 1. The number of hydrogen-bond acceptors (Lipinski definition) is 6. The van der Waals surface area contributed by atoms with Crippen molar-refractivity contribution in [2.75, 3.05) is 7.05 Å². The topological polar surface area (TPSA) is 135 Å². The Kier molecular flexibility index (Phi) is 3.81. The fraction of sp³-hybridized carbons (Fsp3) is 0.333. The fourth-order valence-electron chi connectivity index (χ4n) is 1.54. The van der Waals surface area contributed by atoms with Crippen molar-refractivity contribution in [1.82, 2.24) is 35.2 Å². The quantitative estimate of drug-likeness (QED) is 0.607. The summed E-state index contributed by atoms with van der Waals surface area (Å²) in [5, 5.41) is 15.2. The lowest BCUT2D eigenvalue weighted by Crippen LogP contribution is -2.23. The van der Waals surface area contributed by atoms with Gasteiger partial charge in [-0.2, -0.15) is 5.21 Å². The van der Waals surface area contributed by atoms with Gasteiger partial charge in [-0.15, -0.1) is 10.2 Å². The molecule has 2 aromatic heterocycles. The van der Waals surface area contributed by atoms with Gasteiger partial charge in [-0.25, -0.2) is 13.1 Å². The molecular weight excluding hydrogens is 286 g/mol. The van der Waals surface area contributed by atoms with E-state index < -0.39 is 10.0 Å². The van der Waals surface area contributed by atoms with Gasteiger partial charge in [-0.3, -0.25) is 4.79 Å². The molecule has 0 aliphatic heterocycles. The van der Waals surface area contributed by atoms with Gasteiger partial charge in [0.15, 0.2) is 5.82 Å². The number of amides is 1. The normalized spacial score (nSPS) is 11.5. The second-order valence-electron chi connectivity index (χ2n) is 3.90. The van der Waals surface area contributed by atoms with Crippen LogP contribution in [-0.4, -0.2) is 46.6 Å². The molecule has 0 saturated heterocycles. The molecule has 0 fully saturated rings. The van der Waals surface area contributed by atoms with E-state index in [0.717, 1.165) is 0 Å². The smallest absolute Gasteiger partial charge is 0.267 e. The molecule has 0 bridgehead atoms. The first-order chi connectivity index (χ1) is 9.44. The number of rotatable bonds is 5. The monoisotopic (exact) mass is 299 g/mol. The van der Waals surface area contributed by atoms with E-state index in [1.807, 2.05) is 0 Å². The minimum Gasteiger partial charge on any atom is -0.354 e. The van der Waals surface area contributed by atoms with Crippen molar-refractivity contribution in [3.63, 3.8) is 0 Å². The van der Waals surface area contributed by atoms with E-state index in [1.54, 1.807) is 7.05 Å². The highest BCUT2D eigenvalue weighted by molar-refractivity contribution is 7.89. The number of nitrogens with zero attached hydrogens (tertiary/aromatic N) is 4. The van der Waals surface area contributed by atoms with Gasteiger partial charge in [0.05, 0.1) is 6.54 Å². The molecule has 108 valence electrons. The van der Waals surface area contributed by atoms with Gasteiger partial charge < -0.3 is 9.88 Å². The highest BCUT2D eigenvalue weighted by Gasteiger charge is 2.20. The van der Waals surface area contributed by atoms with Crippen LogP contribution in [0.3, 0.4) is 0 Å². The van der Waals surface area contributed by atoms with E-state index in [-0.39, 0.29) is 28.9 Å². The molecule has 2 heterocycles. The van der Waals surface area contributed by atoms with Gasteiger partial charge >= 0.3 is 0 Å². The second kappa shape index (κ2) is 5.38. The number of H-pyrrole nitrogens is 1. The number of tetrazole rings is 1. The second-order valence-corrected chi connectivity index (χ2v) is 5.67. The molecule has 20 heavy (non-hydrogen) atoms. The van der Waals surface area contributed by atoms with Crippen LogP contribution in [0.5, 0.6) is 0 Å². The van der Waals surface area contributed by atoms with Gasteiger partial charge in [0.2, 0.25) is 10.0 Å². The van der Waals surface area contributed by atoms with E-state index in [2.05, 4.69) is 30.7 Å². The number of aromatic amines is 1. The highest BCUT2D eigenvalue weighted by Crippen LogP contribution is 2.13. The van der Waals surface area contributed by atoms with Gasteiger partial charge in [0, 0.05) is 20.3 Å². The molecule has 0 atom stereocenters. The molecule has 0 aliphatic rings. The Hall–Kier alpha value is -2.27. The van der Waals surface area contributed by atoms with E-state index in [9.17, 15) is 13.2 Å². The molecule has 2 rings (SSSR count). The molecule has 10 nitrogen and oxygen atoms in total. The van der Waals surface area contributed by atoms with Crippen LogP contribution in [-0.2, 0) is 23.6 Å². The van der Waals surface area contributed by atoms with Gasteiger partial charge in [-0.05, 0) is 6.07 Å². The molecule has 0 aromatic carbocycles. The first kappa shape index (κ1) is 14.1. The van der Waals surface area contributed by atoms with Gasteiger partial charge in [-0.1, -0.05) is 5.21 Å². The molecule has 11 heteroatoms. The lowest BCUT2D eigenvalue weighted by molar-refractivity contribution is 0.0955. The zero-order valence-electron chi connectivity index (χ0n) is 10.8. The summed E-state index contributed by atoms with van der Waals surface area (Å²) in [6.45, 7) is -0.0942. The number of hydrogen-bond donors (Lipinski definition) is 3. The predicted molar refractivity (Wildman–Crippen MR) is 67.0 cm³/mol. The third-order valence-electron chi connectivity index (χ3n) is 2.56. The fourth-order valence-corrected chi connectivity index (χ4v) is 2.58. The zero-order chi connectivity index (χ0) is 14.8. The van der Waals surface area contributed by atoms with Crippen LogP contribution in [0, 0.1) is 0 Å². The maximum absolute atomic E-state index is 12.1. The van der Waals surface area contributed by atoms with Crippen LogP contribution < -0.4 is 10.0 Å². The summed E-state index contributed by atoms with van der Waals surface area (Å²) in [4.78, 5) is 11.5. The van der Waals surface area contributed by atoms with Crippen molar-refractivity contribution < 1.29 is 13.2 Å². The Labute approximate surface area is 114 Å². The molecule has 1 amide bonds. The maximum Gasteiger partial charge on any atom is 0.267 e.